The summed E-state index contributed by atoms with van der Waals surface area (Å²) in [6.45, 7) is 3.56. The van der Waals surface area contributed by atoms with Gasteiger partial charge in [0.15, 0.2) is 0 Å². The van der Waals surface area contributed by atoms with Crippen LogP contribution in [0.4, 0.5) is 11.4 Å². The third-order valence-electron chi connectivity index (χ3n) is 5.87. The summed E-state index contributed by atoms with van der Waals surface area (Å²) in [5, 5.41) is 21.2. The second-order valence-corrected chi connectivity index (χ2v) is 8.27. The quantitative estimate of drug-likeness (QED) is 0.283. The van der Waals surface area contributed by atoms with Crippen molar-refractivity contribution in [3.63, 3.8) is 0 Å². The fourth-order valence-corrected chi connectivity index (χ4v) is 4.04. The number of benzene rings is 3. The average Bonchev–Trinajstić information content (AvgIpc) is 3.22. The molecule has 2 aromatic heterocycles. The lowest BCUT2D eigenvalue weighted by Gasteiger charge is -2.12. The van der Waals surface area contributed by atoms with Gasteiger partial charge in [-0.2, -0.15) is 10.4 Å². The van der Waals surface area contributed by atoms with Gasteiger partial charge in [-0.1, -0.05) is 48.5 Å². The molecule has 0 atom stereocenters. The highest BCUT2D eigenvalue weighted by atomic mass is 16.5. The van der Waals surface area contributed by atoms with Crippen molar-refractivity contribution in [1.82, 2.24) is 14.9 Å². The number of ether oxygens (including phenoxy) is 1. The van der Waals surface area contributed by atoms with Gasteiger partial charge < -0.3 is 15.4 Å². The molecule has 6 nitrogen and oxygen atoms in total. The number of rotatable bonds is 8. The lowest BCUT2D eigenvalue weighted by Crippen LogP contribution is -2.12. The summed E-state index contributed by atoms with van der Waals surface area (Å²) < 4.78 is 7.73. The van der Waals surface area contributed by atoms with Crippen LogP contribution in [-0.2, 0) is 13.1 Å². The maximum atomic E-state index is 9.76. The van der Waals surface area contributed by atoms with Crippen molar-refractivity contribution in [3.8, 4) is 17.6 Å². The molecule has 0 aliphatic heterocycles. The lowest BCUT2D eigenvalue weighted by molar-refractivity contribution is 0.483. The molecule has 35 heavy (non-hydrogen) atoms. The summed E-state index contributed by atoms with van der Waals surface area (Å²) in [7, 11) is 0. The molecule has 3 aromatic carbocycles. The number of nitriles is 1. The van der Waals surface area contributed by atoms with Gasteiger partial charge in [-0.05, 0) is 60.0 Å². The monoisotopic (exact) mass is 459 g/mol. The molecule has 0 spiro atoms. The van der Waals surface area contributed by atoms with Crippen LogP contribution in [0.25, 0.3) is 5.52 Å². The Morgan fingerprint density at radius 2 is 1.57 bits per heavy atom. The van der Waals surface area contributed by atoms with Crippen LogP contribution < -0.4 is 15.4 Å². The summed E-state index contributed by atoms with van der Waals surface area (Å²) in [6.07, 6.45) is 3.62. The highest BCUT2D eigenvalue weighted by Crippen LogP contribution is 2.31. The Labute approximate surface area is 204 Å². The fourth-order valence-electron chi connectivity index (χ4n) is 4.04. The Kier molecular flexibility index (Phi) is 6.42. The van der Waals surface area contributed by atoms with Crippen molar-refractivity contribution < 1.29 is 4.74 Å². The number of aryl methyl sites for hydroxylation is 1. The number of fused-ring (bicyclic) bond motifs is 1. The highest BCUT2D eigenvalue weighted by Gasteiger charge is 2.16. The molecule has 0 fully saturated rings. The van der Waals surface area contributed by atoms with Crippen LogP contribution in [0, 0.1) is 18.3 Å². The molecule has 172 valence electrons. The summed E-state index contributed by atoms with van der Waals surface area (Å²) >= 11 is 0. The molecule has 0 saturated heterocycles. The Morgan fingerprint density at radius 3 is 2.29 bits per heavy atom. The van der Waals surface area contributed by atoms with E-state index in [1.54, 1.807) is 6.20 Å². The zero-order valence-electron chi connectivity index (χ0n) is 19.4. The van der Waals surface area contributed by atoms with Gasteiger partial charge in [0.2, 0.25) is 0 Å². The van der Waals surface area contributed by atoms with Crippen molar-refractivity contribution in [2.24, 2.45) is 0 Å². The van der Waals surface area contributed by atoms with Gasteiger partial charge in [-0.3, -0.25) is 0 Å². The molecule has 5 rings (SSSR count). The van der Waals surface area contributed by atoms with E-state index in [1.807, 2.05) is 83.5 Å². The average molecular weight is 460 g/mol. The number of para-hydroxylation sites is 1. The molecule has 2 N–H and O–H groups in total. The second-order valence-electron chi connectivity index (χ2n) is 8.27. The maximum absolute atomic E-state index is 9.76. The SMILES string of the molecule is Cc1c(CNCc2ccccc2)cn2ncc(C#N)c(Nc3ccc(Oc4ccccc4)cc3)c12. The minimum absolute atomic E-state index is 0.493. The van der Waals surface area contributed by atoms with E-state index in [4.69, 9.17) is 4.74 Å². The zero-order chi connectivity index (χ0) is 24.0. The van der Waals surface area contributed by atoms with Crippen LogP contribution in [0.2, 0.25) is 0 Å². The zero-order valence-corrected chi connectivity index (χ0v) is 19.4. The number of hydrogen-bond donors (Lipinski definition) is 2. The first-order chi connectivity index (χ1) is 17.2. The molecule has 0 bridgehead atoms. The first-order valence-corrected chi connectivity index (χ1v) is 11.5. The van der Waals surface area contributed by atoms with Gasteiger partial charge in [0.05, 0.1) is 23.0 Å². The molecule has 6 heteroatoms. The third kappa shape index (κ3) is 5.01. The molecule has 5 aromatic rings. The molecule has 0 saturated carbocycles. The molecular formula is C29H25N5O. The van der Waals surface area contributed by atoms with Gasteiger partial charge in [0, 0.05) is 25.0 Å². The van der Waals surface area contributed by atoms with E-state index >= 15 is 0 Å². The number of anilines is 2. The molecule has 0 aliphatic carbocycles. The lowest BCUT2D eigenvalue weighted by atomic mass is 10.1. The van der Waals surface area contributed by atoms with Gasteiger partial charge in [0.25, 0.3) is 0 Å². The summed E-state index contributed by atoms with van der Waals surface area (Å²) in [5.74, 6) is 1.53. The molecule has 0 radical (unpaired) electrons. The van der Waals surface area contributed by atoms with Gasteiger partial charge in [-0.25, -0.2) is 4.52 Å². The number of nitrogens with one attached hydrogen (secondary N) is 2. The van der Waals surface area contributed by atoms with Gasteiger partial charge >= 0.3 is 0 Å². The standard InChI is InChI=1S/C29H25N5O/c1-21-24(18-31-17-22-8-4-2-5-9-22)20-34-29(21)28(23(16-30)19-32-34)33-25-12-14-27(15-13-25)35-26-10-6-3-7-11-26/h2-15,19-20,31,33H,17-18H2,1H3. The number of hydrogen-bond acceptors (Lipinski definition) is 5. The van der Waals surface area contributed by atoms with Crippen LogP contribution in [-0.4, -0.2) is 9.61 Å². The molecular weight excluding hydrogens is 434 g/mol. The Morgan fingerprint density at radius 1 is 0.886 bits per heavy atom. The molecule has 0 aliphatic rings. The minimum atomic E-state index is 0.493. The second kappa shape index (κ2) is 10.1. The maximum Gasteiger partial charge on any atom is 0.127 e. The van der Waals surface area contributed by atoms with Crippen molar-refractivity contribution in [1.29, 1.82) is 5.26 Å². The fraction of sp³-hybridized carbons (Fsp3) is 0.103. The highest BCUT2D eigenvalue weighted by molar-refractivity contribution is 5.85. The van der Waals surface area contributed by atoms with Gasteiger partial charge in [0.1, 0.15) is 17.6 Å². The van der Waals surface area contributed by atoms with E-state index < -0.39 is 0 Å². The summed E-state index contributed by atoms with van der Waals surface area (Å²) in [5.41, 5.74) is 6.45. The predicted octanol–water partition coefficient (Wildman–Crippen LogP) is 6.34. The predicted molar refractivity (Wildman–Crippen MR) is 138 cm³/mol. The largest absolute Gasteiger partial charge is 0.457 e. The van der Waals surface area contributed by atoms with E-state index in [1.165, 1.54) is 5.56 Å². The van der Waals surface area contributed by atoms with Crippen LogP contribution in [0.3, 0.4) is 0 Å². The van der Waals surface area contributed by atoms with E-state index in [2.05, 4.69) is 40.9 Å². The first kappa shape index (κ1) is 22.2. The van der Waals surface area contributed by atoms with Crippen LogP contribution >= 0.6 is 0 Å². The smallest absolute Gasteiger partial charge is 0.127 e. The minimum Gasteiger partial charge on any atom is -0.457 e. The Hall–Kier alpha value is -4.60. The summed E-state index contributed by atoms with van der Waals surface area (Å²) in [6, 6.07) is 30.0. The normalized spacial score (nSPS) is 10.7. The van der Waals surface area contributed by atoms with E-state index in [0.717, 1.165) is 46.1 Å². The Bertz CT molecular complexity index is 1470. The van der Waals surface area contributed by atoms with E-state index in [0.29, 0.717) is 12.1 Å². The van der Waals surface area contributed by atoms with E-state index in [-0.39, 0.29) is 0 Å². The van der Waals surface area contributed by atoms with Crippen LogP contribution in [0.15, 0.2) is 97.3 Å². The van der Waals surface area contributed by atoms with Crippen molar-refractivity contribution >= 4 is 16.9 Å². The van der Waals surface area contributed by atoms with Crippen LogP contribution in [0.5, 0.6) is 11.5 Å². The molecule has 0 amide bonds. The van der Waals surface area contributed by atoms with Crippen LogP contribution in [0.1, 0.15) is 22.3 Å². The first-order valence-electron chi connectivity index (χ1n) is 11.5. The molecule has 0 unspecified atom stereocenters. The number of aromatic nitrogens is 2. The third-order valence-corrected chi connectivity index (χ3v) is 5.87. The Balaban J connectivity index is 1.37. The van der Waals surface area contributed by atoms with Crippen molar-refractivity contribution in [2.75, 3.05) is 5.32 Å². The van der Waals surface area contributed by atoms with Gasteiger partial charge in [-0.15, -0.1) is 0 Å². The molecule has 2 heterocycles. The topological polar surface area (TPSA) is 74.4 Å². The van der Waals surface area contributed by atoms with E-state index in [9.17, 15) is 5.26 Å². The number of nitrogens with zero attached hydrogens (tertiary/aromatic N) is 3. The van der Waals surface area contributed by atoms with Crippen molar-refractivity contribution in [3.05, 3.63) is 120 Å². The summed E-state index contributed by atoms with van der Waals surface area (Å²) in [4.78, 5) is 0. The van der Waals surface area contributed by atoms with Crippen molar-refractivity contribution in [2.45, 2.75) is 20.0 Å².